The molecule has 0 radical (unpaired) electrons. The molecule has 0 saturated heterocycles. The first-order valence-corrected chi connectivity index (χ1v) is 11.8. The number of rotatable bonds is 7. The number of aryl methyl sites for hydroxylation is 1. The molecular formula is C26H35ClFN3O. The summed E-state index contributed by atoms with van der Waals surface area (Å²) in [5.74, 6) is -0.500. The van der Waals surface area contributed by atoms with Crippen LogP contribution in [0.15, 0.2) is 47.6 Å². The van der Waals surface area contributed by atoms with E-state index >= 15 is 0 Å². The Hall–Kier alpha value is -2.40. The van der Waals surface area contributed by atoms with Crippen LogP contribution >= 0.6 is 11.6 Å². The van der Waals surface area contributed by atoms with Crippen LogP contribution in [0.3, 0.4) is 0 Å². The van der Waals surface area contributed by atoms with Crippen LogP contribution < -0.4 is 5.32 Å². The second kappa shape index (κ2) is 11.5. The molecule has 1 N–H and O–H groups in total. The van der Waals surface area contributed by atoms with Crippen LogP contribution in [-0.4, -0.2) is 23.2 Å². The first-order chi connectivity index (χ1) is 15.2. The van der Waals surface area contributed by atoms with Crippen LogP contribution in [0.2, 0.25) is 5.02 Å². The first-order valence-electron chi connectivity index (χ1n) is 11.4. The van der Waals surface area contributed by atoms with E-state index in [9.17, 15) is 9.18 Å². The average molecular weight is 460 g/mol. The number of halogens is 2. The number of benzene rings is 2. The molecule has 1 unspecified atom stereocenters. The lowest BCUT2D eigenvalue weighted by molar-refractivity contribution is -0.116. The maximum Gasteiger partial charge on any atom is 0.268 e. The van der Waals surface area contributed by atoms with E-state index in [0.29, 0.717) is 17.2 Å². The van der Waals surface area contributed by atoms with Gasteiger partial charge in [0.2, 0.25) is 0 Å². The van der Waals surface area contributed by atoms with Gasteiger partial charge in [0.05, 0.1) is 11.6 Å². The molecule has 0 bridgehead atoms. The summed E-state index contributed by atoms with van der Waals surface area (Å²) in [7, 11) is 0. The van der Waals surface area contributed by atoms with Gasteiger partial charge in [-0.3, -0.25) is 9.80 Å². The fourth-order valence-electron chi connectivity index (χ4n) is 3.75. The molecule has 2 aromatic carbocycles. The largest absolute Gasteiger partial charge is 0.342 e. The van der Waals surface area contributed by atoms with Crippen molar-refractivity contribution in [1.29, 1.82) is 0 Å². The van der Waals surface area contributed by atoms with Gasteiger partial charge in [-0.05, 0) is 68.1 Å². The van der Waals surface area contributed by atoms with Crippen molar-refractivity contribution in [2.75, 3.05) is 6.54 Å². The summed E-state index contributed by atoms with van der Waals surface area (Å²) in [4.78, 5) is 13.1. The SMILES string of the molecule is CC.CCCCN1N=C(C(=O)NC(C)(C)c2ccc(F)cc2)CC1c1cc(Cl)ccc1C. The van der Waals surface area contributed by atoms with E-state index in [1.165, 1.54) is 12.1 Å². The van der Waals surface area contributed by atoms with Crippen molar-refractivity contribution in [3.8, 4) is 0 Å². The van der Waals surface area contributed by atoms with Crippen molar-refractivity contribution in [3.63, 3.8) is 0 Å². The molecule has 4 nitrogen and oxygen atoms in total. The van der Waals surface area contributed by atoms with Crippen LogP contribution in [0.1, 0.15) is 76.6 Å². The second-order valence-electron chi connectivity index (χ2n) is 8.37. The number of hydrogen-bond donors (Lipinski definition) is 1. The number of hydrogen-bond acceptors (Lipinski definition) is 3. The first kappa shape index (κ1) is 25.9. The Morgan fingerprint density at radius 2 is 1.88 bits per heavy atom. The molecule has 3 rings (SSSR count). The van der Waals surface area contributed by atoms with Crippen molar-refractivity contribution >= 4 is 23.2 Å². The van der Waals surface area contributed by atoms with Gasteiger partial charge in [-0.25, -0.2) is 4.39 Å². The highest BCUT2D eigenvalue weighted by Gasteiger charge is 2.34. The lowest BCUT2D eigenvalue weighted by Gasteiger charge is -2.27. The standard InChI is InChI=1S/C24H29ClFN3O.C2H6/c1-5-6-13-29-22(20-14-18(25)10-7-16(20)2)15-21(28-29)23(30)27-24(3,4)17-8-11-19(26)12-9-17;1-2/h7-12,14,22H,5-6,13,15H2,1-4H3,(H,27,30);1-2H3. The van der Waals surface area contributed by atoms with Gasteiger partial charge in [-0.2, -0.15) is 5.10 Å². The Balaban J connectivity index is 0.00000176. The molecule has 1 aliphatic rings. The van der Waals surface area contributed by atoms with Crippen LogP contribution in [0, 0.1) is 12.7 Å². The molecule has 0 fully saturated rings. The third kappa shape index (κ3) is 6.32. The molecule has 1 atom stereocenters. The highest BCUT2D eigenvalue weighted by Crippen LogP contribution is 2.34. The van der Waals surface area contributed by atoms with Crippen LogP contribution in [0.5, 0.6) is 0 Å². The monoisotopic (exact) mass is 459 g/mol. The van der Waals surface area contributed by atoms with Gasteiger partial charge in [0.15, 0.2) is 0 Å². The molecule has 2 aromatic rings. The topological polar surface area (TPSA) is 44.7 Å². The minimum absolute atomic E-state index is 0.00932. The lowest BCUT2D eigenvalue weighted by Crippen LogP contribution is -2.44. The Morgan fingerprint density at radius 1 is 1.22 bits per heavy atom. The molecule has 1 heterocycles. The number of carbonyl (C=O) groups excluding carboxylic acids is 1. The zero-order valence-electron chi connectivity index (χ0n) is 20.0. The molecule has 0 aliphatic carbocycles. The van der Waals surface area contributed by atoms with Gasteiger partial charge in [0, 0.05) is 18.0 Å². The Labute approximate surface area is 196 Å². The van der Waals surface area contributed by atoms with E-state index in [0.717, 1.165) is 36.1 Å². The fourth-order valence-corrected chi connectivity index (χ4v) is 3.93. The van der Waals surface area contributed by atoms with Gasteiger partial charge in [-0.15, -0.1) is 0 Å². The highest BCUT2D eigenvalue weighted by molar-refractivity contribution is 6.39. The molecule has 174 valence electrons. The minimum Gasteiger partial charge on any atom is -0.342 e. The van der Waals surface area contributed by atoms with Crippen molar-refractivity contribution in [2.45, 2.75) is 72.4 Å². The summed E-state index contributed by atoms with van der Waals surface area (Å²) < 4.78 is 13.3. The zero-order chi connectivity index (χ0) is 23.9. The van der Waals surface area contributed by atoms with E-state index in [4.69, 9.17) is 11.6 Å². The van der Waals surface area contributed by atoms with Gasteiger partial charge in [0.25, 0.3) is 5.91 Å². The minimum atomic E-state index is -0.647. The number of carbonyl (C=O) groups is 1. The molecule has 0 saturated carbocycles. The van der Waals surface area contributed by atoms with Crippen LogP contribution in [0.4, 0.5) is 4.39 Å². The Kier molecular flexibility index (Phi) is 9.26. The second-order valence-corrected chi connectivity index (χ2v) is 8.81. The summed E-state index contributed by atoms with van der Waals surface area (Å²) in [5.41, 5.74) is 2.93. The summed E-state index contributed by atoms with van der Waals surface area (Å²) in [6.45, 7) is 12.8. The fraction of sp³-hybridized carbons (Fsp3) is 0.462. The highest BCUT2D eigenvalue weighted by atomic mass is 35.5. The quantitative estimate of drug-likeness (QED) is 0.496. The summed E-state index contributed by atoms with van der Waals surface area (Å²) in [5, 5.41) is 10.4. The van der Waals surface area contributed by atoms with Crippen molar-refractivity contribution in [1.82, 2.24) is 10.3 Å². The number of amides is 1. The molecule has 0 spiro atoms. The molecule has 0 aromatic heterocycles. The molecule has 1 aliphatic heterocycles. The summed E-state index contributed by atoms with van der Waals surface area (Å²) in [6.07, 6.45) is 2.57. The molecule has 6 heteroatoms. The predicted octanol–water partition coefficient (Wildman–Crippen LogP) is 6.77. The van der Waals surface area contributed by atoms with Crippen molar-refractivity contribution < 1.29 is 9.18 Å². The predicted molar refractivity (Wildman–Crippen MR) is 132 cm³/mol. The molecular weight excluding hydrogens is 425 g/mol. The zero-order valence-corrected chi connectivity index (χ0v) is 20.8. The van der Waals surface area contributed by atoms with Crippen molar-refractivity contribution in [3.05, 3.63) is 70.0 Å². The third-order valence-electron chi connectivity index (χ3n) is 5.59. The Morgan fingerprint density at radius 3 is 2.50 bits per heavy atom. The summed E-state index contributed by atoms with van der Waals surface area (Å²) >= 11 is 6.25. The van der Waals surface area contributed by atoms with Crippen molar-refractivity contribution in [2.24, 2.45) is 5.10 Å². The van der Waals surface area contributed by atoms with Crippen LogP contribution in [0.25, 0.3) is 0 Å². The molecule has 1 amide bonds. The Bertz CT molecular complexity index is 941. The number of unbranched alkanes of at least 4 members (excludes halogenated alkanes) is 1. The van der Waals surface area contributed by atoms with E-state index in [-0.39, 0.29) is 17.8 Å². The summed E-state index contributed by atoms with van der Waals surface area (Å²) in [6, 6.07) is 12.0. The van der Waals surface area contributed by atoms with Gasteiger partial charge in [0.1, 0.15) is 11.5 Å². The smallest absolute Gasteiger partial charge is 0.268 e. The number of hydrazone groups is 1. The van der Waals surface area contributed by atoms with Crippen LogP contribution in [-0.2, 0) is 10.3 Å². The maximum atomic E-state index is 13.3. The number of nitrogens with zero attached hydrogens (tertiary/aromatic N) is 2. The van der Waals surface area contributed by atoms with E-state index in [1.54, 1.807) is 12.1 Å². The van der Waals surface area contributed by atoms with Gasteiger partial charge < -0.3 is 5.32 Å². The maximum absolute atomic E-state index is 13.3. The van der Waals surface area contributed by atoms with Gasteiger partial charge in [-0.1, -0.05) is 57.0 Å². The van der Waals surface area contributed by atoms with E-state index < -0.39 is 5.54 Å². The molecule has 32 heavy (non-hydrogen) atoms. The lowest BCUT2D eigenvalue weighted by atomic mass is 9.93. The average Bonchev–Trinajstić information content (AvgIpc) is 3.19. The van der Waals surface area contributed by atoms with E-state index in [2.05, 4.69) is 24.3 Å². The van der Waals surface area contributed by atoms with Gasteiger partial charge >= 0.3 is 0 Å². The normalized spacial score (nSPS) is 15.7. The van der Waals surface area contributed by atoms with E-state index in [1.807, 2.05) is 50.9 Å². The number of nitrogens with one attached hydrogen (secondary N) is 1. The third-order valence-corrected chi connectivity index (χ3v) is 5.83.